The highest BCUT2D eigenvalue weighted by Gasteiger charge is 2.31. The predicted molar refractivity (Wildman–Crippen MR) is 96.0 cm³/mol. The van der Waals surface area contributed by atoms with Gasteiger partial charge in [-0.15, -0.1) is 13.2 Å². The molecule has 0 atom stereocenters. The van der Waals surface area contributed by atoms with Crippen LogP contribution < -0.4 is 15.4 Å². The monoisotopic (exact) mass is 396 g/mol. The Hall–Kier alpha value is -2.88. The van der Waals surface area contributed by atoms with Crippen LogP contribution in [0, 0.1) is 0 Å². The number of anilines is 1. The lowest BCUT2D eigenvalue weighted by atomic mass is 10.2. The van der Waals surface area contributed by atoms with Gasteiger partial charge >= 0.3 is 6.36 Å². The van der Waals surface area contributed by atoms with E-state index in [9.17, 15) is 18.0 Å². The van der Waals surface area contributed by atoms with Gasteiger partial charge in [-0.2, -0.15) is 4.37 Å². The fourth-order valence-electron chi connectivity index (χ4n) is 2.34. The third-order valence-corrected chi connectivity index (χ3v) is 4.28. The van der Waals surface area contributed by atoms with Crippen LogP contribution in [0.5, 0.6) is 5.75 Å². The highest BCUT2D eigenvalue weighted by Crippen LogP contribution is 2.24. The van der Waals surface area contributed by atoms with E-state index in [1.807, 2.05) is 12.1 Å². The molecule has 0 saturated heterocycles. The number of nitrogens with one attached hydrogen (secondary N) is 2. The first-order valence-electron chi connectivity index (χ1n) is 8.01. The second-order valence-electron chi connectivity index (χ2n) is 5.50. The summed E-state index contributed by atoms with van der Waals surface area (Å²) in [5, 5.41) is 6.78. The standard InChI is InChI=1S/C17H15F3N4O2S/c18-17(19,20)26-12-5-1-4-11(10-12)15(25)22-9-3-8-21-14-13-6-2-7-23-16(13)27-24-14/h1-2,4-7,10H,3,8-9H2,(H,21,24)(H,22,25). The molecule has 10 heteroatoms. The Balaban J connectivity index is 1.45. The Kier molecular flexibility index (Phi) is 5.75. The van der Waals surface area contributed by atoms with E-state index < -0.39 is 18.0 Å². The summed E-state index contributed by atoms with van der Waals surface area (Å²) >= 11 is 1.30. The zero-order valence-electron chi connectivity index (χ0n) is 13.9. The van der Waals surface area contributed by atoms with Gasteiger partial charge in [-0.1, -0.05) is 6.07 Å². The summed E-state index contributed by atoms with van der Waals surface area (Å²) in [6, 6.07) is 8.70. The number of rotatable bonds is 7. The van der Waals surface area contributed by atoms with Gasteiger partial charge in [0.05, 0.1) is 5.39 Å². The van der Waals surface area contributed by atoms with Crippen molar-refractivity contribution in [3.8, 4) is 5.75 Å². The van der Waals surface area contributed by atoms with Crippen LogP contribution in [0.2, 0.25) is 0 Å². The minimum absolute atomic E-state index is 0.0984. The first kappa shape index (κ1) is 18.9. The molecule has 0 fully saturated rings. The molecule has 6 nitrogen and oxygen atoms in total. The first-order valence-corrected chi connectivity index (χ1v) is 8.78. The number of benzene rings is 1. The van der Waals surface area contributed by atoms with Gasteiger partial charge in [0.25, 0.3) is 5.91 Å². The fourth-order valence-corrected chi connectivity index (χ4v) is 3.05. The zero-order valence-corrected chi connectivity index (χ0v) is 14.7. The van der Waals surface area contributed by atoms with Crippen molar-refractivity contribution in [3.05, 3.63) is 48.2 Å². The van der Waals surface area contributed by atoms with E-state index in [-0.39, 0.29) is 5.56 Å². The van der Waals surface area contributed by atoms with E-state index in [4.69, 9.17) is 0 Å². The molecule has 2 heterocycles. The molecule has 3 aromatic rings. The molecule has 0 aliphatic heterocycles. The lowest BCUT2D eigenvalue weighted by Crippen LogP contribution is -2.26. The van der Waals surface area contributed by atoms with E-state index in [0.717, 1.165) is 28.2 Å². The summed E-state index contributed by atoms with van der Waals surface area (Å²) in [6.45, 7) is 0.932. The Morgan fingerprint density at radius 1 is 1.19 bits per heavy atom. The minimum Gasteiger partial charge on any atom is -0.406 e. The maximum Gasteiger partial charge on any atom is 0.573 e. The second-order valence-corrected chi connectivity index (χ2v) is 6.25. The molecule has 0 saturated carbocycles. The lowest BCUT2D eigenvalue weighted by molar-refractivity contribution is -0.274. The van der Waals surface area contributed by atoms with Crippen LogP contribution >= 0.6 is 11.5 Å². The Bertz CT molecular complexity index is 930. The van der Waals surface area contributed by atoms with Crippen molar-refractivity contribution in [1.82, 2.24) is 14.7 Å². The average molecular weight is 396 g/mol. The van der Waals surface area contributed by atoms with Gasteiger partial charge in [0, 0.05) is 24.8 Å². The number of hydrogen-bond donors (Lipinski definition) is 2. The SMILES string of the molecule is O=C(NCCCNc1nsc2ncccc12)c1cccc(OC(F)(F)F)c1. The van der Waals surface area contributed by atoms with Gasteiger partial charge < -0.3 is 15.4 Å². The molecule has 0 radical (unpaired) electrons. The molecular weight excluding hydrogens is 381 g/mol. The largest absolute Gasteiger partial charge is 0.573 e. The third-order valence-electron chi connectivity index (χ3n) is 3.51. The quantitative estimate of drug-likeness (QED) is 0.594. The van der Waals surface area contributed by atoms with E-state index in [1.165, 1.54) is 23.7 Å². The normalized spacial score (nSPS) is 11.4. The maximum absolute atomic E-state index is 12.2. The van der Waals surface area contributed by atoms with E-state index >= 15 is 0 Å². The Labute approximate surface area is 156 Å². The van der Waals surface area contributed by atoms with E-state index in [0.29, 0.717) is 19.5 Å². The molecule has 0 unspecified atom stereocenters. The smallest absolute Gasteiger partial charge is 0.406 e. The van der Waals surface area contributed by atoms with Crippen LogP contribution in [0.1, 0.15) is 16.8 Å². The Morgan fingerprint density at radius 2 is 2.04 bits per heavy atom. The van der Waals surface area contributed by atoms with E-state index in [2.05, 4.69) is 24.7 Å². The van der Waals surface area contributed by atoms with Crippen LogP contribution in [0.25, 0.3) is 10.2 Å². The van der Waals surface area contributed by atoms with Gasteiger partial charge in [-0.3, -0.25) is 4.79 Å². The van der Waals surface area contributed by atoms with Crippen molar-refractivity contribution in [1.29, 1.82) is 0 Å². The topological polar surface area (TPSA) is 76.1 Å². The van der Waals surface area contributed by atoms with Crippen molar-refractivity contribution >= 4 is 33.5 Å². The average Bonchev–Trinajstić information content (AvgIpc) is 3.03. The van der Waals surface area contributed by atoms with Crippen LogP contribution in [0.3, 0.4) is 0 Å². The van der Waals surface area contributed by atoms with Crippen LogP contribution in [-0.2, 0) is 0 Å². The molecule has 2 N–H and O–H groups in total. The number of ether oxygens (including phenoxy) is 1. The summed E-state index contributed by atoms with van der Waals surface area (Å²) in [5.41, 5.74) is 0.0984. The molecule has 3 rings (SSSR count). The predicted octanol–water partition coefficient (Wildman–Crippen LogP) is 3.82. The van der Waals surface area contributed by atoms with Gasteiger partial charge in [0.1, 0.15) is 16.4 Å². The number of hydrogen-bond acceptors (Lipinski definition) is 6. The number of amides is 1. The number of carbonyl (C=O) groups is 1. The van der Waals surface area contributed by atoms with Crippen molar-refractivity contribution in [2.24, 2.45) is 0 Å². The van der Waals surface area contributed by atoms with Gasteiger partial charge in [0.2, 0.25) is 0 Å². The van der Waals surface area contributed by atoms with Crippen molar-refractivity contribution in [3.63, 3.8) is 0 Å². The molecule has 2 aromatic heterocycles. The molecule has 0 spiro atoms. The highest BCUT2D eigenvalue weighted by atomic mass is 32.1. The molecule has 142 valence electrons. The van der Waals surface area contributed by atoms with Crippen LogP contribution in [-0.4, -0.2) is 34.7 Å². The van der Waals surface area contributed by atoms with Crippen molar-refractivity contribution in [2.45, 2.75) is 12.8 Å². The maximum atomic E-state index is 12.2. The molecule has 0 aliphatic rings. The molecule has 0 bridgehead atoms. The highest BCUT2D eigenvalue weighted by molar-refractivity contribution is 7.13. The van der Waals surface area contributed by atoms with E-state index in [1.54, 1.807) is 6.20 Å². The number of alkyl halides is 3. The van der Waals surface area contributed by atoms with Gasteiger partial charge in [-0.25, -0.2) is 4.98 Å². The fraction of sp³-hybridized carbons (Fsp3) is 0.235. The molecule has 1 aromatic carbocycles. The lowest BCUT2D eigenvalue weighted by Gasteiger charge is -2.10. The minimum atomic E-state index is -4.80. The summed E-state index contributed by atoms with van der Waals surface area (Å²) in [4.78, 5) is 17.1. The van der Waals surface area contributed by atoms with Crippen LogP contribution in [0.4, 0.5) is 19.0 Å². The molecule has 27 heavy (non-hydrogen) atoms. The number of nitrogens with zero attached hydrogens (tertiary/aromatic N) is 2. The molecule has 0 aliphatic carbocycles. The zero-order chi connectivity index (χ0) is 19.3. The summed E-state index contributed by atoms with van der Waals surface area (Å²) in [6.07, 6.45) is -2.48. The van der Waals surface area contributed by atoms with Gasteiger partial charge in [0.15, 0.2) is 0 Å². The van der Waals surface area contributed by atoms with Crippen molar-refractivity contribution < 1.29 is 22.7 Å². The third kappa shape index (κ3) is 5.30. The number of aromatic nitrogens is 2. The summed E-state index contributed by atoms with van der Waals surface area (Å²) in [7, 11) is 0. The molecule has 1 amide bonds. The van der Waals surface area contributed by atoms with Gasteiger partial charge in [-0.05, 0) is 48.3 Å². The van der Waals surface area contributed by atoms with Crippen LogP contribution in [0.15, 0.2) is 42.6 Å². The number of halogens is 3. The Morgan fingerprint density at radius 3 is 2.85 bits per heavy atom. The number of fused-ring (bicyclic) bond motifs is 1. The summed E-state index contributed by atoms with van der Waals surface area (Å²) < 4.78 is 44.8. The molecular formula is C17H15F3N4O2S. The number of carbonyl (C=O) groups excluding carboxylic acids is 1. The summed E-state index contributed by atoms with van der Waals surface area (Å²) in [5.74, 6) is -0.154. The first-order chi connectivity index (χ1) is 12.9. The second kappa shape index (κ2) is 8.21. The van der Waals surface area contributed by atoms with Crippen molar-refractivity contribution in [2.75, 3.05) is 18.4 Å². The number of pyridine rings is 1.